The van der Waals surface area contributed by atoms with Crippen molar-refractivity contribution in [1.29, 1.82) is 0 Å². The zero-order valence-electron chi connectivity index (χ0n) is 28.5. The van der Waals surface area contributed by atoms with Gasteiger partial charge in [-0.3, -0.25) is 19.2 Å². The molecular weight excluding hydrogens is 608 g/mol. The van der Waals surface area contributed by atoms with Gasteiger partial charge < -0.3 is 37.0 Å². The molecule has 3 amide bonds. The van der Waals surface area contributed by atoms with Crippen molar-refractivity contribution in [3.63, 3.8) is 0 Å². The third kappa shape index (κ3) is 23.5. The molecule has 8 N–H and O–H groups in total. The van der Waals surface area contributed by atoms with E-state index in [1.807, 2.05) is 0 Å². The van der Waals surface area contributed by atoms with Crippen LogP contribution in [0.1, 0.15) is 142 Å². The maximum absolute atomic E-state index is 12.5. The fourth-order valence-corrected chi connectivity index (χ4v) is 5.10. The molecule has 47 heavy (non-hydrogen) atoms. The fraction of sp³-hybridized carbons (Fsp3) is 0.765. The molecule has 0 aliphatic heterocycles. The van der Waals surface area contributed by atoms with E-state index in [4.69, 9.17) is 10.8 Å². The first-order chi connectivity index (χ1) is 22.3. The van der Waals surface area contributed by atoms with Gasteiger partial charge in [0.2, 0.25) is 17.7 Å². The number of unbranched alkanes of at least 4 members (excludes halogenated alkanes) is 14. The molecule has 0 saturated heterocycles. The molecular formula is C34H60N4O9. The van der Waals surface area contributed by atoms with Crippen LogP contribution in [0.2, 0.25) is 0 Å². The number of aliphatic carboxylic acids is 3. The van der Waals surface area contributed by atoms with Gasteiger partial charge in [0.1, 0.15) is 24.2 Å². The first-order valence-corrected chi connectivity index (χ1v) is 17.3. The van der Waals surface area contributed by atoms with Crippen LogP contribution < -0.4 is 21.7 Å². The summed E-state index contributed by atoms with van der Waals surface area (Å²) in [4.78, 5) is 71.4. The van der Waals surface area contributed by atoms with Crippen molar-refractivity contribution in [2.24, 2.45) is 5.73 Å². The number of carbonyl (C=O) groups is 6. The van der Waals surface area contributed by atoms with E-state index in [1.165, 1.54) is 77.6 Å². The van der Waals surface area contributed by atoms with Crippen molar-refractivity contribution in [3.8, 4) is 0 Å². The minimum atomic E-state index is -1.45. The zero-order valence-corrected chi connectivity index (χ0v) is 28.5. The SMILES string of the molecule is C=C(CC(N)C(=O)O)CC(NC(=O)CCC(NC(=O)C(C)NC(=O)CCCCCCCCCCCCCCCCC)C(=O)O)C(=O)O. The highest BCUT2D eigenvalue weighted by Gasteiger charge is 2.27. The van der Waals surface area contributed by atoms with Crippen LogP contribution in [-0.2, 0) is 28.8 Å². The molecule has 0 rings (SSSR count). The van der Waals surface area contributed by atoms with Gasteiger partial charge in [0, 0.05) is 12.8 Å². The number of hydrogen-bond donors (Lipinski definition) is 7. The minimum Gasteiger partial charge on any atom is -0.480 e. The van der Waals surface area contributed by atoms with Gasteiger partial charge in [-0.1, -0.05) is 109 Å². The predicted molar refractivity (Wildman–Crippen MR) is 180 cm³/mol. The van der Waals surface area contributed by atoms with Crippen LogP contribution in [0.3, 0.4) is 0 Å². The second-order valence-electron chi connectivity index (χ2n) is 12.5. The summed E-state index contributed by atoms with van der Waals surface area (Å²) < 4.78 is 0. The molecule has 0 bridgehead atoms. The second kappa shape index (κ2) is 26.6. The molecule has 0 aromatic rings. The lowest BCUT2D eigenvalue weighted by molar-refractivity contribution is -0.143. The van der Waals surface area contributed by atoms with Gasteiger partial charge in [-0.2, -0.15) is 0 Å². The van der Waals surface area contributed by atoms with Gasteiger partial charge in [-0.05, 0) is 32.6 Å². The Labute approximate surface area is 279 Å². The molecule has 0 saturated carbocycles. The van der Waals surface area contributed by atoms with Gasteiger partial charge in [0.15, 0.2) is 0 Å². The van der Waals surface area contributed by atoms with Crippen molar-refractivity contribution in [3.05, 3.63) is 12.2 Å². The van der Waals surface area contributed by atoms with Crippen molar-refractivity contribution in [2.75, 3.05) is 0 Å². The first kappa shape index (κ1) is 43.5. The van der Waals surface area contributed by atoms with Crippen molar-refractivity contribution < 1.29 is 44.1 Å². The number of carboxylic acids is 3. The molecule has 0 heterocycles. The molecule has 0 aliphatic carbocycles. The lowest BCUT2D eigenvalue weighted by Gasteiger charge is -2.20. The molecule has 0 fully saturated rings. The number of carboxylic acid groups (broad SMARTS) is 3. The fourth-order valence-electron chi connectivity index (χ4n) is 5.10. The number of hydrogen-bond acceptors (Lipinski definition) is 7. The van der Waals surface area contributed by atoms with Gasteiger partial charge in [0.25, 0.3) is 0 Å². The Balaban J connectivity index is 4.28. The number of carbonyl (C=O) groups excluding carboxylic acids is 3. The summed E-state index contributed by atoms with van der Waals surface area (Å²) in [5, 5.41) is 34.9. The molecule has 4 atom stereocenters. The molecule has 0 radical (unpaired) electrons. The molecule has 0 aliphatic rings. The zero-order chi connectivity index (χ0) is 35.6. The van der Waals surface area contributed by atoms with Crippen LogP contribution in [0.5, 0.6) is 0 Å². The summed E-state index contributed by atoms with van der Waals surface area (Å²) in [7, 11) is 0. The Morgan fingerprint density at radius 1 is 0.596 bits per heavy atom. The topological polar surface area (TPSA) is 225 Å². The lowest BCUT2D eigenvalue weighted by Crippen LogP contribution is -2.50. The molecule has 0 aromatic heterocycles. The number of amides is 3. The Kier molecular flexibility index (Phi) is 24.6. The number of rotatable bonds is 30. The summed E-state index contributed by atoms with van der Waals surface area (Å²) in [6.45, 7) is 7.28. The van der Waals surface area contributed by atoms with Crippen molar-refractivity contribution in [2.45, 2.75) is 166 Å². The van der Waals surface area contributed by atoms with E-state index in [1.54, 1.807) is 0 Å². The van der Waals surface area contributed by atoms with Crippen molar-refractivity contribution >= 4 is 35.6 Å². The standard InChI is InChI=1S/C34H60N4O9/c1-4-5-6-7-8-9-10-11-12-13-14-15-16-17-18-19-29(39)36-25(3)31(41)38-27(33(44)45)20-21-30(40)37-28(34(46)47)23-24(2)22-26(35)32(42)43/h25-28H,2,4-23,35H2,1,3H3,(H,36,39)(H,37,40)(H,38,41)(H,42,43)(H,44,45)(H,46,47). The summed E-state index contributed by atoms with van der Waals surface area (Å²) in [5.74, 6) is -5.87. The highest BCUT2D eigenvalue weighted by molar-refractivity contribution is 5.90. The van der Waals surface area contributed by atoms with Gasteiger partial charge in [-0.25, -0.2) is 9.59 Å². The number of nitrogens with two attached hydrogens (primary N) is 1. The molecule has 13 nitrogen and oxygen atoms in total. The smallest absolute Gasteiger partial charge is 0.326 e. The van der Waals surface area contributed by atoms with E-state index >= 15 is 0 Å². The molecule has 13 heteroatoms. The van der Waals surface area contributed by atoms with Crippen LogP contribution in [0.4, 0.5) is 0 Å². The van der Waals surface area contributed by atoms with Crippen molar-refractivity contribution in [1.82, 2.24) is 16.0 Å². The Bertz CT molecular complexity index is 989. The summed E-state index contributed by atoms with van der Waals surface area (Å²) >= 11 is 0. The van der Waals surface area contributed by atoms with Crippen LogP contribution >= 0.6 is 0 Å². The van der Waals surface area contributed by atoms with Crippen LogP contribution in [0.15, 0.2) is 12.2 Å². The highest BCUT2D eigenvalue weighted by atomic mass is 16.4. The molecule has 0 spiro atoms. The van der Waals surface area contributed by atoms with E-state index in [0.29, 0.717) is 6.42 Å². The van der Waals surface area contributed by atoms with E-state index in [9.17, 15) is 39.0 Å². The summed E-state index contributed by atoms with van der Waals surface area (Å²) in [6, 6.07) is -5.13. The third-order valence-electron chi connectivity index (χ3n) is 8.00. The normalized spacial score (nSPS) is 13.5. The summed E-state index contributed by atoms with van der Waals surface area (Å²) in [6.07, 6.45) is 17.3. The lowest BCUT2D eigenvalue weighted by atomic mass is 10.0. The van der Waals surface area contributed by atoms with E-state index in [-0.39, 0.29) is 37.2 Å². The highest BCUT2D eigenvalue weighted by Crippen LogP contribution is 2.14. The van der Waals surface area contributed by atoms with E-state index in [0.717, 1.165) is 19.3 Å². The van der Waals surface area contributed by atoms with E-state index in [2.05, 4.69) is 29.5 Å². The largest absolute Gasteiger partial charge is 0.480 e. The first-order valence-electron chi connectivity index (χ1n) is 17.3. The van der Waals surface area contributed by atoms with Gasteiger partial charge >= 0.3 is 17.9 Å². The summed E-state index contributed by atoms with van der Waals surface area (Å²) in [5.41, 5.74) is 5.64. The van der Waals surface area contributed by atoms with E-state index < -0.39 is 60.3 Å². The third-order valence-corrected chi connectivity index (χ3v) is 8.00. The average molecular weight is 669 g/mol. The van der Waals surface area contributed by atoms with Crippen LogP contribution in [-0.4, -0.2) is 75.1 Å². The quantitative estimate of drug-likeness (QED) is 0.0421. The maximum atomic E-state index is 12.5. The van der Waals surface area contributed by atoms with Gasteiger partial charge in [0.05, 0.1) is 0 Å². The Hall–Kier alpha value is -3.48. The predicted octanol–water partition coefficient (Wildman–Crippen LogP) is 4.42. The molecule has 0 aromatic carbocycles. The molecule has 4 unspecified atom stereocenters. The molecule has 270 valence electrons. The minimum absolute atomic E-state index is 0.184. The maximum Gasteiger partial charge on any atom is 0.326 e. The Morgan fingerprint density at radius 2 is 1.04 bits per heavy atom. The van der Waals surface area contributed by atoms with Gasteiger partial charge in [-0.15, -0.1) is 0 Å². The second-order valence-corrected chi connectivity index (χ2v) is 12.5. The Morgan fingerprint density at radius 3 is 1.49 bits per heavy atom. The van der Waals surface area contributed by atoms with Crippen LogP contribution in [0, 0.1) is 0 Å². The average Bonchev–Trinajstić information content (AvgIpc) is 3.00. The number of nitrogens with one attached hydrogen (secondary N) is 3. The monoisotopic (exact) mass is 668 g/mol. The van der Waals surface area contributed by atoms with Crippen LogP contribution in [0.25, 0.3) is 0 Å².